The Bertz CT molecular complexity index is 2950. The summed E-state index contributed by atoms with van der Waals surface area (Å²) in [5.41, 5.74) is 18.5. The Kier molecular flexibility index (Phi) is 33.7. The number of para-hydroxylation sites is 2. The van der Waals surface area contributed by atoms with E-state index in [2.05, 4.69) is 34.3 Å². The highest BCUT2D eigenvalue weighted by Gasteiger charge is 2.23. The standard InChI is InChI=1S/2C29H37N3O6.C7H8O3S/c2*30-13-15-35-17-19-37-21-22-38-20-18-36-16-14-31-28(33)11-12-29(34)32-23-26-7-2-1-5-24(26)9-10-25-6-3-4-8-27(25)32;1-6-2-4-7(5-3-6)11(8,9)10/h2*1-8H,11-23,30H2,(H,31,33);2-5H,1H3,(H,8,9,10). The number of anilines is 2. The van der Waals surface area contributed by atoms with Crippen molar-refractivity contribution in [2.75, 3.05) is 142 Å². The average molecular weight is 1220 g/mol. The lowest BCUT2D eigenvalue weighted by atomic mass is 10.0. The van der Waals surface area contributed by atoms with Crippen LogP contribution >= 0.6 is 0 Å². The van der Waals surface area contributed by atoms with Gasteiger partial charge in [0, 0.05) is 74.1 Å². The molecule has 0 aromatic heterocycles. The highest BCUT2D eigenvalue weighted by atomic mass is 32.2. The lowest BCUT2D eigenvalue weighted by Gasteiger charge is -2.26. The third-order valence-corrected chi connectivity index (χ3v) is 13.6. The zero-order valence-electron chi connectivity index (χ0n) is 49.6. The van der Waals surface area contributed by atoms with Gasteiger partial charge < -0.3 is 69.8 Å². The van der Waals surface area contributed by atoms with Gasteiger partial charge in [0.2, 0.25) is 23.6 Å². The molecule has 4 amide bonds. The topological polar surface area (TPSA) is 279 Å². The Hall–Kier alpha value is -7.39. The molecule has 7 rings (SSSR count). The van der Waals surface area contributed by atoms with Crippen LogP contribution in [-0.4, -0.2) is 168 Å². The van der Waals surface area contributed by atoms with Crippen molar-refractivity contribution in [3.63, 3.8) is 0 Å². The molecule has 0 atom stereocenters. The molecule has 5 aromatic rings. The Morgan fingerprint density at radius 2 is 0.747 bits per heavy atom. The number of rotatable bonds is 35. The van der Waals surface area contributed by atoms with Gasteiger partial charge in [-0.25, -0.2) is 0 Å². The number of nitrogens with one attached hydrogen (secondary N) is 2. The van der Waals surface area contributed by atoms with Crippen molar-refractivity contribution >= 4 is 45.1 Å². The number of aryl methyl sites for hydroxylation is 1. The Labute approximate surface area is 511 Å². The number of nitrogens with zero attached hydrogens (tertiary/aromatic N) is 2. The first-order chi connectivity index (χ1) is 42.4. The zero-order chi connectivity index (χ0) is 62.2. The summed E-state index contributed by atoms with van der Waals surface area (Å²) >= 11 is 0. The number of hydrogen-bond donors (Lipinski definition) is 5. The smallest absolute Gasteiger partial charge is 0.294 e. The van der Waals surface area contributed by atoms with E-state index in [9.17, 15) is 27.6 Å². The SMILES string of the molecule is Cc1ccc(S(=O)(=O)O)cc1.NCCOCCOCCOCCOCCNC(=O)CCC(=O)N1Cc2ccccc2C#Cc2ccccc21.NCCOCCOCCOCCOCCNC(=O)CCC(=O)N1Cc2ccccc2C#Cc2ccccc21. The highest BCUT2D eigenvalue weighted by molar-refractivity contribution is 7.85. The molecule has 0 saturated carbocycles. The van der Waals surface area contributed by atoms with E-state index in [1.807, 2.05) is 104 Å². The summed E-state index contributed by atoms with van der Waals surface area (Å²) in [5.74, 6) is 12.2. The molecule has 22 heteroatoms. The Morgan fingerprint density at radius 1 is 0.437 bits per heavy atom. The molecule has 2 aliphatic heterocycles. The summed E-state index contributed by atoms with van der Waals surface area (Å²) in [6.45, 7) is 12.0. The predicted octanol–water partition coefficient (Wildman–Crippen LogP) is 4.95. The van der Waals surface area contributed by atoms with Gasteiger partial charge in [-0.15, -0.1) is 0 Å². The van der Waals surface area contributed by atoms with E-state index < -0.39 is 10.1 Å². The van der Waals surface area contributed by atoms with Crippen molar-refractivity contribution in [1.82, 2.24) is 10.6 Å². The van der Waals surface area contributed by atoms with Gasteiger partial charge in [0.05, 0.1) is 135 Å². The molecule has 7 N–H and O–H groups in total. The van der Waals surface area contributed by atoms with Crippen LogP contribution in [0.5, 0.6) is 0 Å². The molecular formula is C65H82N6O15S. The lowest BCUT2D eigenvalue weighted by molar-refractivity contribution is -0.125. The van der Waals surface area contributed by atoms with Crippen molar-refractivity contribution in [3.05, 3.63) is 160 Å². The van der Waals surface area contributed by atoms with E-state index in [1.165, 1.54) is 12.1 Å². The van der Waals surface area contributed by atoms with Crippen molar-refractivity contribution in [2.45, 2.75) is 50.6 Å². The van der Waals surface area contributed by atoms with Gasteiger partial charge >= 0.3 is 0 Å². The molecule has 87 heavy (non-hydrogen) atoms. The molecule has 0 spiro atoms. The van der Waals surface area contributed by atoms with Crippen LogP contribution < -0.4 is 31.9 Å². The van der Waals surface area contributed by atoms with Crippen molar-refractivity contribution in [3.8, 4) is 23.7 Å². The van der Waals surface area contributed by atoms with Crippen LogP contribution in [0, 0.1) is 30.6 Å². The molecule has 468 valence electrons. The van der Waals surface area contributed by atoms with Crippen molar-refractivity contribution in [2.24, 2.45) is 11.5 Å². The van der Waals surface area contributed by atoms with E-state index in [0.717, 1.165) is 50.3 Å². The summed E-state index contributed by atoms with van der Waals surface area (Å²) in [4.78, 5) is 54.3. The fraction of sp³-hybridized carbons (Fsp3) is 0.415. The molecule has 2 heterocycles. The van der Waals surface area contributed by atoms with E-state index in [0.29, 0.717) is 145 Å². The van der Waals surface area contributed by atoms with E-state index in [-0.39, 0.29) is 54.2 Å². The molecular weight excluding hydrogens is 1140 g/mol. The molecule has 5 aromatic carbocycles. The zero-order valence-corrected chi connectivity index (χ0v) is 50.4. The van der Waals surface area contributed by atoms with E-state index >= 15 is 0 Å². The van der Waals surface area contributed by atoms with E-state index in [1.54, 1.807) is 21.9 Å². The van der Waals surface area contributed by atoms with Crippen LogP contribution in [0.3, 0.4) is 0 Å². The lowest BCUT2D eigenvalue weighted by Crippen LogP contribution is -2.34. The monoisotopic (exact) mass is 1220 g/mol. The quantitative estimate of drug-likeness (QED) is 0.0204. The van der Waals surface area contributed by atoms with Crippen molar-refractivity contribution < 1.29 is 70.0 Å². The van der Waals surface area contributed by atoms with Crippen LogP contribution in [0.15, 0.2) is 126 Å². The average Bonchev–Trinajstić information content (AvgIpc) is 2.05. The predicted molar refractivity (Wildman–Crippen MR) is 330 cm³/mol. The van der Waals surface area contributed by atoms with E-state index in [4.69, 9.17) is 53.9 Å². The fourth-order valence-corrected chi connectivity index (χ4v) is 8.71. The summed E-state index contributed by atoms with van der Waals surface area (Å²) in [7, 11) is -4.02. The highest BCUT2D eigenvalue weighted by Crippen LogP contribution is 2.28. The summed E-state index contributed by atoms with van der Waals surface area (Å²) in [6, 6.07) is 36.8. The van der Waals surface area contributed by atoms with Gasteiger partial charge in [0.25, 0.3) is 10.1 Å². The summed E-state index contributed by atoms with van der Waals surface area (Å²) < 4.78 is 72.5. The number of fused-ring (bicyclic) bond motifs is 4. The molecule has 0 aliphatic carbocycles. The number of amides is 4. The maximum absolute atomic E-state index is 13.2. The maximum Gasteiger partial charge on any atom is 0.294 e. The largest absolute Gasteiger partial charge is 0.378 e. The van der Waals surface area contributed by atoms with Gasteiger partial charge in [0.15, 0.2) is 0 Å². The number of benzene rings is 5. The Morgan fingerprint density at radius 3 is 1.10 bits per heavy atom. The van der Waals surface area contributed by atoms with Crippen LogP contribution in [0.25, 0.3) is 0 Å². The van der Waals surface area contributed by atoms with Gasteiger partial charge in [-0.2, -0.15) is 8.42 Å². The Balaban J connectivity index is 0.000000270. The maximum atomic E-state index is 13.2. The van der Waals surface area contributed by atoms with Gasteiger partial charge in [-0.05, 0) is 66.6 Å². The molecule has 21 nitrogen and oxygen atoms in total. The van der Waals surface area contributed by atoms with Crippen LogP contribution in [0.4, 0.5) is 11.4 Å². The van der Waals surface area contributed by atoms with Crippen molar-refractivity contribution in [1.29, 1.82) is 0 Å². The fourth-order valence-electron chi connectivity index (χ4n) is 8.23. The molecule has 0 unspecified atom stereocenters. The molecule has 0 fully saturated rings. The minimum absolute atomic E-state index is 0.0666. The number of carbonyl (C=O) groups is 4. The minimum atomic E-state index is -4.02. The third-order valence-electron chi connectivity index (χ3n) is 12.7. The molecule has 0 bridgehead atoms. The molecule has 0 saturated heterocycles. The third kappa shape index (κ3) is 27.9. The summed E-state index contributed by atoms with van der Waals surface area (Å²) in [5, 5.41) is 5.60. The number of ether oxygens (including phenoxy) is 8. The summed E-state index contributed by atoms with van der Waals surface area (Å²) in [6.07, 6.45) is 0.410. The molecule has 0 radical (unpaired) electrons. The van der Waals surface area contributed by atoms with Crippen LogP contribution in [-0.2, 0) is 80.3 Å². The second kappa shape index (κ2) is 41.7. The minimum Gasteiger partial charge on any atom is -0.378 e. The van der Waals surface area contributed by atoms with Gasteiger partial charge in [-0.3, -0.25) is 23.7 Å². The first kappa shape index (κ1) is 70.4. The molecule has 2 aliphatic rings. The first-order valence-electron chi connectivity index (χ1n) is 29.0. The number of hydrogen-bond acceptors (Lipinski definition) is 16. The second-order valence-corrected chi connectivity index (χ2v) is 20.7. The normalized spacial score (nSPS) is 11.9. The second-order valence-electron chi connectivity index (χ2n) is 19.3. The van der Waals surface area contributed by atoms with Crippen LogP contribution in [0.1, 0.15) is 64.6 Å². The van der Waals surface area contributed by atoms with Crippen LogP contribution in [0.2, 0.25) is 0 Å². The van der Waals surface area contributed by atoms with Gasteiger partial charge in [0.1, 0.15) is 0 Å². The number of nitrogens with two attached hydrogens (primary N) is 2. The first-order valence-corrected chi connectivity index (χ1v) is 30.4. The van der Waals surface area contributed by atoms with Gasteiger partial charge in [-0.1, -0.05) is 102 Å². The number of carbonyl (C=O) groups excluding carboxylic acids is 4.